The number of nitrogens with one attached hydrogen (secondary N) is 1. The van der Waals surface area contributed by atoms with Gasteiger partial charge in [-0.2, -0.15) is 5.16 Å². The maximum atomic E-state index is 12.3. The van der Waals surface area contributed by atoms with Crippen molar-refractivity contribution in [1.82, 2.24) is 10.1 Å². The molecule has 1 amide bonds. The standard InChI is InChI=1S/C15H24N2O5/c1-21-8-6-15(11-18)5-2-7-17(10-15)14(20)4-3-12-9-13(19)16-22-12/h9,18H,2-8,10-11H2,1H3,(H,16,19)/t15-/m0/s1. The molecule has 0 radical (unpaired) electrons. The van der Waals surface area contributed by atoms with E-state index in [2.05, 4.69) is 5.16 Å². The lowest BCUT2D eigenvalue weighted by molar-refractivity contribution is -0.136. The Bertz CT molecular complexity index is 538. The van der Waals surface area contributed by atoms with Crippen molar-refractivity contribution >= 4 is 5.91 Å². The van der Waals surface area contributed by atoms with Crippen LogP contribution >= 0.6 is 0 Å². The number of piperidine rings is 1. The monoisotopic (exact) mass is 312 g/mol. The second-order valence-electron chi connectivity index (χ2n) is 6.00. The number of H-pyrrole nitrogens is 1. The molecule has 2 N–H and O–H groups in total. The summed E-state index contributed by atoms with van der Waals surface area (Å²) in [5, 5.41) is 11.9. The van der Waals surface area contributed by atoms with Crippen molar-refractivity contribution in [3.63, 3.8) is 0 Å². The predicted molar refractivity (Wildman–Crippen MR) is 79.5 cm³/mol. The van der Waals surface area contributed by atoms with Gasteiger partial charge in [0, 0.05) is 51.1 Å². The summed E-state index contributed by atoms with van der Waals surface area (Å²) in [4.78, 5) is 25.1. The number of ether oxygens (including phenoxy) is 1. The number of carbonyl (C=O) groups excluding carboxylic acids is 1. The lowest BCUT2D eigenvalue weighted by Gasteiger charge is -2.42. The van der Waals surface area contributed by atoms with E-state index in [1.165, 1.54) is 6.07 Å². The number of aryl methyl sites for hydroxylation is 1. The number of methoxy groups -OCH3 is 1. The van der Waals surface area contributed by atoms with Crippen molar-refractivity contribution in [2.75, 3.05) is 33.4 Å². The molecule has 2 rings (SSSR count). The van der Waals surface area contributed by atoms with E-state index in [1.54, 1.807) is 12.0 Å². The highest BCUT2D eigenvalue weighted by Gasteiger charge is 2.36. The first-order valence-corrected chi connectivity index (χ1v) is 7.63. The SMILES string of the molecule is COCC[C@@]1(CO)CCCN(C(=O)CCc2cc(=O)[nH]o2)C1. The van der Waals surface area contributed by atoms with Crippen molar-refractivity contribution in [1.29, 1.82) is 0 Å². The van der Waals surface area contributed by atoms with Crippen molar-refractivity contribution in [3.05, 3.63) is 22.2 Å². The van der Waals surface area contributed by atoms with Crippen molar-refractivity contribution in [2.45, 2.75) is 32.1 Å². The van der Waals surface area contributed by atoms with Gasteiger partial charge >= 0.3 is 0 Å². The van der Waals surface area contributed by atoms with Gasteiger partial charge in [-0.3, -0.25) is 9.59 Å². The van der Waals surface area contributed by atoms with Crippen LogP contribution in [0.2, 0.25) is 0 Å². The van der Waals surface area contributed by atoms with Gasteiger partial charge in [-0.15, -0.1) is 0 Å². The summed E-state index contributed by atoms with van der Waals surface area (Å²) in [6.45, 7) is 1.91. The minimum Gasteiger partial charge on any atom is -0.396 e. The molecule has 0 aliphatic carbocycles. The van der Waals surface area contributed by atoms with Crippen LogP contribution in [0, 0.1) is 5.41 Å². The van der Waals surface area contributed by atoms with Gasteiger partial charge in [-0.25, -0.2) is 0 Å². The van der Waals surface area contributed by atoms with E-state index in [1.807, 2.05) is 0 Å². The maximum Gasteiger partial charge on any atom is 0.280 e. The van der Waals surface area contributed by atoms with Gasteiger partial charge in [0.1, 0.15) is 5.76 Å². The molecule has 7 heteroatoms. The molecule has 124 valence electrons. The summed E-state index contributed by atoms with van der Waals surface area (Å²) in [6.07, 6.45) is 3.24. The van der Waals surface area contributed by atoms with E-state index in [4.69, 9.17) is 9.26 Å². The molecular formula is C15H24N2O5. The highest BCUT2D eigenvalue weighted by atomic mass is 16.5. The van der Waals surface area contributed by atoms with Crippen molar-refractivity contribution < 1.29 is 19.2 Å². The van der Waals surface area contributed by atoms with Gasteiger partial charge in [0.2, 0.25) is 5.91 Å². The average molecular weight is 312 g/mol. The van der Waals surface area contributed by atoms with Crippen molar-refractivity contribution in [3.8, 4) is 0 Å². The lowest BCUT2D eigenvalue weighted by atomic mass is 9.78. The summed E-state index contributed by atoms with van der Waals surface area (Å²) >= 11 is 0. The molecule has 1 fully saturated rings. The Kier molecular flexibility index (Phi) is 5.79. The molecular weight excluding hydrogens is 288 g/mol. The first-order valence-electron chi connectivity index (χ1n) is 7.63. The van der Waals surface area contributed by atoms with E-state index in [0.717, 1.165) is 19.3 Å². The molecule has 1 aromatic rings. The Morgan fingerprint density at radius 3 is 3.05 bits per heavy atom. The third kappa shape index (κ3) is 4.20. The zero-order valence-corrected chi connectivity index (χ0v) is 13.0. The Hall–Kier alpha value is -1.60. The topological polar surface area (TPSA) is 95.8 Å². The molecule has 1 saturated heterocycles. The molecule has 1 aliphatic heterocycles. The fourth-order valence-electron chi connectivity index (χ4n) is 2.98. The van der Waals surface area contributed by atoms with Gasteiger partial charge in [0.25, 0.3) is 5.56 Å². The maximum absolute atomic E-state index is 12.3. The van der Waals surface area contributed by atoms with Crippen LogP contribution in [0.5, 0.6) is 0 Å². The third-order valence-corrected chi connectivity index (χ3v) is 4.35. The van der Waals surface area contributed by atoms with Crippen LogP contribution in [-0.4, -0.2) is 54.5 Å². The first-order chi connectivity index (χ1) is 10.6. The fraction of sp³-hybridized carbons (Fsp3) is 0.733. The second-order valence-corrected chi connectivity index (χ2v) is 6.00. The highest BCUT2D eigenvalue weighted by Crippen LogP contribution is 2.33. The van der Waals surface area contributed by atoms with E-state index in [0.29, 0.717) is 38.3 Å². The highest BCUT2D eigenvalue weighted by molar-refractivity contribution is 5.76. The number of hydrogen-bond donors (Lipinski definition) is 2. The Morgan fingerprint density at radius 2 is 2.41 bits per heavy atom. The molecule has 1 atom stereocenters. The summed E-state index contributed by atoms with van der Waals surface area (Å²) in [5.74, 6) is 0.516. The van der Waals surface area contributed by atoms with E-state index >= 15 is 0 Å². The number of aromatic nitrogens is 1. The summed E-state index contributed by atoms with van der Waals surface area (Å²) in [7, 11) is 1.64. The van der Waals surface area contributed by atoms with Gasteiger partial charge < -0.3 is 19.3 Å². The number of likely N-dealkylation sites (tertiary alicyclic amines) is 1. The number of nitrogens with zero attached hydrogens (tertiary/aromatic N) is 1. The molecule has 1 aromatic heterocycles. The number of carbonyl (C=O) groups is 1. The van der Waals surface area contributed by atoms with Gasteiger partial charge in [0.05, 0.1) is 6.61 Å². The lowest BCUT2D eigenvalue weighted by Crippen LogP contribution is -2.48. The predicted octanol–water partition coefficient (Wildman–Crippen LogP) is 0.538. The number of aliphatic hydroxyl groups is 1. The third-order valence-electron chi connectivity index (χ3n) is 4.35. The van der Waals surface area contributed by atoms with Gasteiger partial charge in [0.15, 0.2) is 0 Å². The van der Waals surface area contributed by atoms with E-state index in [-0.39, 0.29) is 23.5 Å². The molecule has 7 nitrogen and oxygen atoms in total. The van der Waals surface area contributed by atoms with Crippen LogP contribution in [0.15, 0.2) is 15.4 Å². The molecule has 0 bridgehead atoms. The second kappa shape index (κ2) is 7.60. The molecule has 1 aliphatic rings. The van der Waals surface area contributed by atoms with Crippen LogP contribution in [0.1, 0.15) is 31.4 Å². The number of amides is 1. The largest absolute Gasteiger partial charge is 0.396 e. The van der Waals surface area contributed by atoms with Crippen molar-refractivity contribution in [2.24, 2.45) is 5.41 Å². The fourth-order valence-corrected chi connectivity index (χ4v) is 2.98. The number of rotatable bonds is 7. The van der Waals surface area contributed by atoms with Crippen LogP contribution in [-0.2, 0) is 16.0 Å². The summed E-state index contributed by atoms with van der Waals surface area (Å²) in [6, 6.07) is 1.36. The number of hydrogen-bond acceptors (Lipinski definition) is 5. The van der Waals surface area contributed by atoms with Gasteiger partial charge in [-0.1, -0.05) is 0 Å². The smallest absolute Gasteiger partial charge is 0.280 e. The number of aliphatic hydroxyl groups excluding tert-OH is 1. The van der Waals surface area contributed by atoms with Crippen LogP contribution in [0.4, 0.5) is 0 Å². The molecule has 2 heterocycles. The van der Waals surface area contributed by atoms with E-state index in [9.17, 15) is 14.7 Å². The van der Waals surface area contributed by atoms with Crippen LogP contribution in [0.3, 0.4) is 0 Å². The molecule has 0 saturated carbocycles. The summed E-state index contributed by atoms with van der Waals surface area (Å²) in [5.41, 5.74) is -0.552. The summed E-state index contributed by atoms with van der Waals surface area (Å²) < 4.78 is 10.1. The normalized spacial score (nSPS) is 22.0. The quantitative estimate of drug-likeness (QED) is 0.766. The van der Waals surface area contributed by atoms with E-state index < -0.39 is 0 Å². The number of aromatic amines is 1. The molecule has 0 unspecified atom stereocenters. The minimum absolute atomic E-state index is 0.0267. The average Bonchev–Trinajstić information content (AvgIpc) is 2.96. The first kappa shape index (κ1) is 16.8. The minimum atomic E-state index is -0.292. The Labute approximate surface area is 129 Å². The Morgan fingerprint density at radius 1 is 1.59 bits per heavy atom. The van der Waals surface area contributed by atoms with Gasteiger partial charge in [-0.05, 0) is 19.3 Å². The molecule has 0 spiro atoms. The molecule has 0 aromatic carbocycles. The van der Waals surface area contributed by atoms with Crippen LogP contribution in [0.25, 0.3) is 0 Å². The zero-order chi connectivity index (χ0) is 16.0. The molecule has 22 heavy (non-hydrogen) atoms. The zero-order valence-electron chi connectivity index (χ0n) is 13.0. The Balaban J connectivity index is 1.90. The van der Waals surface area contributed by atoms with Crippen LogP contribution < -0.4 is 5.56 Å².